The maximum absolute atomic E-state index is 12.0. The van der Waals surface area contributed by atoms with Gasteiger partial charge in [0.2, 0.25) is 5.91 Å². The molecule has 1 amide bonds. The summed E-state index contributed by atoms with van der Waals surface area (Å²) in [5.41, 5.74) is 0.782. The lowest BCUT2D eigenvalue weighted by Gasteiger charge is -2.07. The van der Waals surface area contributed by atoms with E-state index in [0.29, 0.717) is 12.3 Å². The molecule has 0 unspecified atom stereocenters. The van der Waals surface area contributed by atoms with Gasteiger partial charge < -0.3 is 10.1 Å². The lowest BCUT2D eigenvalue weighted by atomic mass is 10.2. The number of amides is 1. The molecule has 1 N–H and O–H groups in total. The SMILES string of the molecule is C/C=C/C=C\C(=O)NCc1cccc(OCC(F)F)c1. The molecule has 0 spiro atoms. The molecular weight excluding hydrogens is 264 g/mol. The van der Waals surface area contributed by atoms with E-state index in [2.05, 4.69) is 5.32 Å². The summed E-state index contributed by atoms with van der Waals surface area (Å²) in [5, 5.41) is 2.69. The molecule has 0 bridgehead atoms. The fourth-order valence-corrected chi connectivity index (χ4v) is 1.41. The average molecular weight is 281 g/mol. The van der Waals surface area contributed by atoms with Crippen LogP contribution in [0.3, 0.4) is 0 Å². The van der Waals surface area contributed by atoms with Crippen LogP contribution in [-0.4, -0.2) is 18.9 Å². The molecule has 5 heteroatoms. The van der Waals surface area contributed by atoms with E-state index < -0.39 is 13.0 Å². The molecule has 1 aromatic rings. The van der Waals surface area contributed by atoms with Crippen LogP contribution in [0, 0.1) is 0 Å². The number of benzene rings is 1. The van der Waals surface area contributed by atoms with Gasteiger partial charge in [0.05, 0.1) is 0 Å². The smallest absolute Gasteiger partial charge is 0.272 e. The number of halogens is 2. The highest BCUT2D eigenvalue weighted by molar-refractivity contribution is 5.87. The van der Waals surface area contributed by atoms with Crippen LogP contribution >= 0.6 is 0 Å². The van der Waals surface area contributed by atoms with E-state index in [9.17, 15) is 13.6 Å². The van der Waals surface area contributed by atoms with Gasteiger partial charge >= 0.3 is 0 Å². The highest BCUT2D eigenvalue weighted by atomic mass is 19.3. The maximum Gasteiger partial charge on any atom is 0.272 e. The molecule has 108 valence electrons. The third-order valence-corrected chi connectivity index (χ3v) is 2.29. The Morgan fingerprint density at radius 2 is 2.20 bits per heavy atom. The second-order valence-corrected chi connectivity index (χ2v) is 3.95. The topological polar surface area (TPSA) is 38.3 Å². The van der Waals surface area contributed by atoms with E-state index in [0.717, 1.165) is 5.56 Å². The van der Waals surface area contributed by atoms with E-state index in [1.807, 2.05) is 13.0 Å². The quantitative estimate of drug-likeness (QED) is 0.616. The fourth-order valence-electron chi connectivity index (χ4n) is 1.41. The van der Waals surface area contributed by atoms with Gasteiger partial charge in [-0.25, -0.2) is 8.78 Å². The van der Waals surface area contributed by atoms with Crippen LogP contribution in [-0.2, 0) is 11.3 Å². The minimum atomic E-state index is -2.50. The van der Waals surface area contributed by atoms with Crippen LogP contribution in [0.2, 0.25) is 0 Å². The third kappa shape index (κ3) is 6.68. The molecule has 0 aliphatic heterocycles. The van der Waals surface area contributed by atoms with Crippen molar-refractivity contribution in [3.05, 3.63) is 54.1 Å². The molecule has 0 fully saturated rings. The van der Waals surface area contributed by atoms with E-state index in [4.69, 9.17) is 4.74 Å². The van der Waals surface area contributed by atoms with Gasteiger partial charge in [0.1, 0.15) is 12.4 Å². The number of hydrogen-bond donors (Lipinski definition) is 1. The summed E-state index contributed by atoms with van der Waals surface area (Å²) in [7, 11) is 0. The predicted octanol–water partition coefficient (Wildman–Crippen LogP) is 3.08. The molecule has 1 aromatic carbocycles. The molecule has 0 radical (unpaired) electrons. The predicted molar refractivity (Wildman–Crippen MR) is 73.7 cm³/mol. The Bertz CT molecular complexity index is 485. The third-order valence-electron chi connectivity index (χ3n) is 2.29. The number of allylic oxidation sites excluding steroid dienone is 3. The van der Waals surface area contributed by atoms with E-state index in [-0.39, 0.29) is 5.91 Å². The number of ether oxygens (including phenoxy) is 1. The van der Waals surface area contributed by atoms with Crippen LogP contribution in [0.25, 0.3) is 0 Å². The average Bonchev–Trinajstić information content (AvgIpc) is 2.44. The Hall–Kier alpha value is -2.17. The van der Waals surface area contributed by atoms with Crippen LogP contribution in [0.5, 0.6) is 5.75 Å². The van der Waals surface area contributed by atoms with Crippen molar-refractivity contribution in [3.63, 3.8) is 0 Å². The first kappa shape index (κ1) is 15.9. The lowest BCUT2D eigenvalue weighted by Crippen LogP contribution is -2.20. The van der Waals surface area contributed by atoms with Crippen molar-refractivity contribution in [3.8, 4) is 5.75 Å². The summed E-state index contributed by atoms with van der Waals surface area (Å²) in [6, 6.07) is 6.70. The summed E-state index contributed by atoms with van der Waals surface area (Å²) in [4.78, 5) is 11.4. The van der Waals surface area contributed by atoms with Gasteiger partial charge in [-0.1, -0.05) is 30.4 Å². The maximum atomic E-state index is 12.0. The normalized spacial score (nSPS) is 11.4. The Balaban J connectivity index is 2.47. The van der Waals surface area contributed by atoms with Gasteiger partial charge in [-0.15, -0.1) is 0 Å². The Kier molecular flexibility index (Phi) is 7.03. The summed E-state index contributed by atoms with van der Waals surface area (Å²) in [6.07, 6.45) is 4.11. The van der Waals surface area contributed by atoms with Crippen molar-refractivity contribution in [1.29, 1.82) is 0 Å². The molecule has 0 saturated heterocycles. The fraction of sp³-hybridized carbons (Fsp3) is 0.267. The van der Waals surface area contributed by atoms with Crippen molar-refractivity contribution < 1.29 is 18.3 Å². The van der Waals surface area contributed by atoms with Crippen molar-refractivity contribution in [2.24, 2.45) is 0 Å². The van der Waals surface area contributed by atoms with Gasteiger partial charge in [-0.3, -0.25) is 4.79 Å². The first-order valence-corrected chi connectivity index (χ1v) is 6.19. The Morgan fingerprint density at radius 1 is 1.40 bits per heavy atom. The number of carbonyl (C=O) groups is 1. The van der Waals surface area contributed by atoms with Crippen molar-refractivity contribution in [2.45, 2.75) is 19.9 Å². The van der Waals surface area contributed by atoms with Crippen LogP contribution in [0.4, 0.5) is 8.78 Å². The van der Waals surface area contributed by atoms with E-state index in [1.54, 1.807) is 36.4 Å². The number of hydrogen-bond acceptors (Lipinski definition) is 2. The largest absolute Gasteiger partial charge is 0.488 e. The number of nitrogens with one attached hydrogen (secondary N) is 1. The molecule has 0 heterocycles. The first-order chi connectivity index (χ1) is 9.61. The zero-order chi connectivity index (χ0) is 14.8. The van der Waals surface area contributed by atoms with E-state index >= 15 is 0 Å². The standard InChI is InChI=1S/C15H17F2NO2/c1-2-3-4-8-15(19)18-10-12-6-5-7-13(9-12)20-11-14(16)17/h2-9,14H,10-11H2,1H3,(H,18,19)/b3-2+,8-4-. The Labute approximate surface area is 116 Å². The van der Waals surface area contributed by atoms with E-state index in [1.165, 1.54) is 6.08 Å². The van der Waals surface area contributed by atoms with Gasteiger partial charge in [-0.2, -0.15) is 0 Å². The highest BCUT2D eigenvalue weighted by Crippen LogP contribution is 2.14. The molecule has 20 heavy (non-hydrogen) atoms. The number of carbonyl (C=O) groups excluding carboxylic acids is 1. The minimum Gasteiger partial charge on any atom is -0.488 e. The highest BCUT2D eigenvalue weighted by Gasteiger charge is 2.04. The van der Waals surface area contributed by atoms with Gasteiger partial charge in [0.15, 0.2) is 0 Å². The first-order valence-electron chi connectivity index (χ1n) is 6.19. The van der Waals surface area contributed by atoms with Crippen molar-refractivity contribution in [2.75, 3.05) is 6.61 Å². The summed E-state index contributed by atoms with van der Waals surface area (Å²) >= 11 is 0. The lowest BCUT2D eigenvalue weighted by molar-refractivity contribution is -0.116. The van der Waals surface area contributed by atoms with Crippen LogP contribution in [0.1, 0.15) is 12.5 Å². The molecule has 0 saturated carbocycles. The molecule has 3 nitrogen and oxygen atoms in total. The Morgan fingerprint density at radius 3 is 2.90 bits per heavy atom. The van der Waals surface area contributed by atoms with Crippen LogP contribution in [0.15, 0.2) is 48.6 Å². The minimum absolute atomic E-state index is 0.220. The molecule has 0 aliphatic carbocycles. The van der Waals surface area contributed by atoms with Crippen LogP contribution < -0.4 is 10.1 Å². The zero-order valence-electron chi connectivity index (χ0n) is 11.2. The molecular formula is C15H17F2NO2. The second kappa shape index (κ2) is 8.85. The molecule has 0 aromatic heterocycles. The molecule has 0 aliphatic rings. The molecule has 1 rings (SSSR count). The summed E-state index contributed by atoms with van der Waals surface area (Å²) in [5.74, 6) is 0.142. The molecule has 0 atom stereocenters. The number of rotatable bonds is 7. The van der Waals surface area contributed by atoms with Gasteiger partial charge in [0.25, 0.3) is 6.43 Å². The summed E-state index contributed by atoms with van der Waals surface area (Å²) < 4.78 is 29.0. The van der Waals surface area contributed by atoms with Gasteiger partial charge in [-0.05, 0) is 24.6 Å². The van der Waals surface area contributed by atoms with Crippen molar-refractivity contribution in [1.82, 2.24) is 5.32 Å². The monoisotopic (exact) mass is 281 g/mol. The number of alkyl halides is 2. The van der Waals surface area contributed by atoms with Gasteiger partial charge in [0, 0.05) is 12.6 Å². The van der Waals surface area contributed by atoms with Crippen molar-refractivity contribution >= 4 is 5.91 Å². The zero-order valence-corrected chi connectivity index (χ0v) is 11.2. The summed E-state index contributed by atoms with van der Waals surface area (Å²) in [6.45, 7) is 1.53. The second-order valence-electron chi connectivity index (χ2n) is 3.95.